The summed E-state index contributed by atoms with van der Waals surface area (Å²) < 4.78 is 5.22. The van der Waals surface area contributed by atoms with Gasteiger partial charge in [0.15, 0.2) is 18.2 Å². The fourth-order valence-corrected chi connectivity index (χ4v) is 2.12. The van der Waals surface area contributed by atoms with Crippen LogP contribution >= 0.6 is 0 Å². The number of nitrogens with zero attached hydrogens (tertiary/aromatic N) is 3. The number of rotatable bonds is 8. The van der Waals surface area contributed by atoms with Gasteiger partial charge in [0.1, 0.15) is 41.9 Å². The van der Waals surface area contributed by atoms with E-state index in [1.54, 1.807) is 12.6 Å². The van der Waals surface area contributed by atoms with E-state index >= 15 is 0 Å². The highest BCUT2D eigenvalue weighted by Crippen LogP contribution is 2.21. The standard InChI is InChI=1S/C10H9N5O.C6H11NO6/c1-2-7(16-3-1)4-11-9-8-10(13-5-12-8)15-6-14-9;7-6(13)5(12)4(11)3(10)2(9)1-8/h1-3,5-6H,4H2,(H2,11,12,13,14,15);1-5,9-12H,(H2,7,13)/t;2-,3+,4-,5-/m.0/s1. The van der Waals surface area contributed by atoms with Crippen molar-refractivity contribution in [1.29, 1.82) is 0 Å². The number of furan rings is 1. The summed E-state index contributed by atoms with van der Waals surface area (Å²) in [5.41, 5.74) is 5.32. The number of carbonyl (C=O) groups excluding carboxylic acids is 2. The number of hydrogen-bond donors (Lipinski definition) is 7. The average Bonchev–Trinajstić information content (AvgIpc) is 3.42. The number of carbonyl (C=O) groups is 2. The van der Waals surface area contributed by atoms with Gasteiger partial charge < -0.3 is 45.7 Å². The largest absolute Gasteiger partial charge is 0.467 e. The van der Waals surface area contributed by atoms with Crippen LogP contribution in [0.3, 0.4) is 0 Å². The minimum atomic E-state index is -2.02. The minimum Gasteiger partial charge on any atom is -0.467 e. The van der Waals surface area contributed by atoms with Gasteiger partial charge in [0.2, 0.25) is 5.91 Å². The molecule has 1 amide bonds. The van der Waals surface area contributed by atoms with Gasteiger partial charge in [0, 0.05) is 0 Å². The molecule has 1 aromatic rings. The third-order valence-electron chi connectivity index (χ3n) is 3.68. The Hall–Kier alpha value is -3.39. The van der Waals surface area contributed by atoms with Crippen molar-refractivity contribution in [2.45, 2.75) is 31.0 Å². The minimum absolute atomic E-state index is 0.0401. The van der Waals surface area contributed by atoms with Gasteiger partial charge >= 0.3 is 0 Å². The summed E-state index contributed by atoms with van der Waals surface area (Å²) in [4.78, 5) is 35.4. The summed E-state index contributed by atoms with van der Waals surface area (Å²) in [5, 5.41) is 38.5. The second-order valence-corrected chi connectivity index (χ2v) is 5.71. The highest BCUT2D eigenvalue weighted by Gasteiger charge is 2.32. The molecule has 0 aliphatic carbocycles. The number of nitrogens with one attached hydrogen (secondary N) is 2. The summed E-state index contributed by atoms with van der Waals surface area (Å²) in [7, 11) is 0. The molecule has 13 heteroatoms. The van der Waals surface area contributed by atoms with Crippen molar-refractivity contribution in [3.8, 4) is 11.5 Å². The molecule has 0 bridgehead atoms. The van der Waals surface area contributed by atoms with E-state index in [0.717, 1.165) is 17.3 Å². The number of primary amides is 1. The van der Waals surface area contributed by atoms with Crippen LogP contribution < -0.4 is 11.1 Å². The third-order valence-corrected chi connectivity index (χ3v) is 3.68. The second-order valence-electron chi connectivity index (χ2n) is 5.71. The number of imidazole rings is 1. The van der Waals surface area contributed by atoms with Crippen LogP contribution in [-0.2, 0) is 16.1 Å². The molecule has 4 atom stereocenters. The van der Waals surface area contributed by atoms with E-state index in [2.05, 4.69) is 31.0 Å². The quantitative estimate of drug-likeness (QED) is 0.195. The molecule has 1 aromatic heterocycles. The monoisotopic (exact) mass is 408 g/mol. The Bertz CT molecular complexity index is 870. The number of nitrogens with two attached hydrogens (primary N) is 1. The number of H-pyrrole nitrogens is 1. The Labute approximate surface area is 163 Å². The van der Waals surface area contributed by atoms with Crippen LogP contribution in [0.5, 0.6) is 0 Å². The Morgan fingerprint density at radius 1 is 1.24 bits per heavy atom. The molecule has 13 nitrogen and oxygen atoms in total. The lowest BCUT2D eigenvalue weighted by Gasteiger charge is -2.21. The molecule has 0 fully saturated rings. The van der Waals surface area contributed by atoms with Gasteiger partial charge in [0.25, 0.3) is 0 Å². The summed E-state index contributed by atoms with van der Waals surface area (Å²) in [6.45, 7) is 0.593. The Kier molecular flexibility index (Phi) is 7.73. The first-order valence-electron chi connectivity index (χ1n) is 8.22. The van der Waals surface area contributed by atoms with Crippen LogP contribution in [-0.4, -0.2) is 77.0 Å². The lowest BCUT2D eigenvalue weighted by Crippen LogP contribution is -2.49. The second kappa shape index (κ2) is 10.2. The van der Waals surface area contributed by atoms with Gasteiger partial charge in [-0.25, -0.2) is 15.0 Å². The highest BCUT2D eigenvalue weighted by atomic mass is 16.4. The molecule has 0 unspecified atom stereocenters. The molecule has 0 saturated heterocycles. The first kappa shape index (κ1) is 21.9. The van der Waals surface area contributed by atoms with Crippen molar-refractivity contribution in [3.63, 3.8) is 0 Å². The lowest BCUT2D eigenvalue weighted by atomic mass is 10.0. The summed E-state index contributed by atoms with van der Waals surface area (Å²) in [6, 6.07) is 3.76. The molecule has 0 saturated carbocycles. The SMILES string of the molecule is NC(=O)[C@@H](O)[C@@H](O)[C@H](O)[C@@H](O)C=O.c1coc(CNc2[nH]cnc3ncnc2-3)c1. The summed E-state index contributed by atoms with van der Waals surface area (Å²) in [5.74, 6) is 1.02. The molecular formula is C16H20N6O7. The summed E-state index contributed by atoms with van der Waals surface area (Å²) >= 11 is 0. The number of amides is 1. The first-order chi connectivity index (χ1) is 13.8. The average molecular weight is 408 g/mol. The van der Waals surface area contributed by atoms with Crippen LogP contribution in [0.4, 0.5) is 5.82 Å². The fourth-order valence-electron chi connectivity index (χ4n) is 2.12. The third kappa shape index (κ3) is 5.79. The van der Waals surface area contributed by atoms with Crippen molar-refractivity contribution in [2.75, 3.05) is 5.32 Å². The molecule has 8 N–H and O–H groups in total. The molecule has 2 aliphatic rings. The molecule has 0 radical (unpaired) electrons. The van der Waals surface area contributed by atoms with Crippen LogP contribution in [0.25, 0.3) is 11.5 Å². The zero-order chi connectivity index (χ0) is 21.4. The maximum absolute atomic E-state index is 10.3. The molecule has 156 valence electrons. The lowest BCUT2D eigenvalue weighted by molar-refractivity contribution is -0.147. The van der Waals surface area contributed by atoms with Crippen LogP contribution in [0.15, 0.2) is 35.5 Å². The number of aliphatic hydroxyl groups is 4. The number of anilines is 1. The number of aliphatic hydroxyl groups excluding tert-OH is 4. The zero-order valence-electron chi connectivity index (χ0n) is 14.9. The van der Waals surface area contributed by atoms with E-state index in [0.29, 0.717) is 12.4 Å². The van der Waals surface area contributed by atoms with E-state index in [4.69, 9.17) is 24.8 Å². The molecule has 29 heavy (non-hydrogen) atoms. The van der Waals surface area contributed by atoms with Gasteiger partial charge in [-0.2, -0.15) is 0 Å². The maximum Gasteiger partial charge on any atom is 0.249 e. The predicted octanol–water partition coefficient (Wildman–Crippen LogP) is -2.38. The predicted molar refractivity (Wildman–Crippen MR) is 96.1 cm³/mol. The molecule has 2 aliphatic heterocycles. The van der Waals surface area contributed by atoms with Crippen molar-refractivity contribution in [3.05, 3.63) is 36.8 Å². The topological polar surface area (TPSA) is 221 Å². The number of aromatic nitrogens is 4. The smallest absolute Gasteiger partial charge is 0.249 e. The van der Waals surface area contributed by atoms with Crippen LogP contribution in [0.1, 0.15) is 5.76 Å². The van der Waals surface area contributed by atoms with E-state index < -0.39 is 30.3 Å². The van der Waals surface area contributed by atoms with Gasteiger partial charge in [0.05, 0.1) is 19.1 Å². The Balaban J connectivity index is 0.000000213. The van der Waals surface area contributed by atoms with Gasteiger partial charge in [-0.05, 0) is 12.1 Å². The van der Waals surface area contributed by atoms with Crippen molar-refractivity contribution < 1.29 is 34.4 Å². The number of hydrogen-bond acceptors (Lipinski definition) is 11. The first-order valence-corrected chi connectivity index (χ1v) is 8.22. The van der Waals surface area contributed by atoms with Gasteiger partial charge in [-0.15, -0.1) is 0 Å². The fraction of sp³-hybridized carbons (Fsp3) is 0.312. The number of fused-ring (bicyclic) bond motifs is 1. The van der Waals surface area contributed by atoms with Crippen molar-refractivity contribution in [2.24, 2.45) is 5.73 Å². The van der Waals surface area contributed by atoms with Crippen molar-refractivity contribution in [1.82, 2.24) is 19.9 Å². The van der Waals surface area contributed by atoms with E-state index in [1.807, 2.05) is 12.1 Å². The summed E-state index contributed by atoms with van der Waals surface area (Å²) in [6.07, 6.45) is -3.15. The van der Waals surface area contributed by atoms with Gasteiger partial charge in [-0.3, -0.25) is 4.79 Å². The molecule has 0 spiro atoms. The molecular weight excluding hydrogens is 388 g/mol. The van der Waals surface area contributed by atoms with Crippen LogP contribution in [0.2, 0.25) is 0 Å². The number of aldehydes is 1. The van der Waals surface area contributed by atoms with Crippen LogP contribution in [0, 0.1) is 0 Å². The Morgan fingerprint density at radius 2 is 2.00 bits per heavy atom. The van der Waals surface area contributed by atoms with E-state index in [1.165, 1.54) is 6.33 Å². The molecule has 3 heterocycles. The number of aromatic amines is 1. The zero-order valence-corrected chi connectivity index (χ0v) is 14.9. The van der Waals surface area contributed by atoms with Crippen molar-refractivity contribution >= 4 is 18.0 Å². The van der Waals surface area contributed by atoms with Gasteiger partial charge in [-0.1, -0.05) is 0 Å². The highest BCUT2D eigenvalue weighted by molar-refractivity contribution is 5.79. The maximum atomic E-state index is 10.3. The van der Waals surface area contributed by atoms with E-state index in [9.17, 15) is 9.59 Å². The molecule has 0 aromatic carbocycles. The molecule has 3 rings (SSSR count). The Morgan fingerprint density at radius 3 is 2.62 bits per heavy atom. The normalized spacial score (nSPS) is 14.9. The van der Waals surface area contributed by atoms with E-state index in [-0.39, 0.29) is 6.29 Å².